The zero-order valence-corrected chi connectivity index (χ0v) is 11.3. The Morgan fingerprint density at radius 2 is 2.09 bits per heavy atom. The van der Waals surface area contributed by atoms with Gasteiger partial charge in [-0.2, -0.15) is 0 Å². The minimum absolute atomic E-state index is 0.0595. The largest absolute Gasteiger partial charge is 0.394 e. The number of ether oxygens (including phenoxy) is 1. The molecule has 1 amide bonds. The maximum absolute atomic E-state index is 11.6. The van der Waals surface area contributed by atoms with Crippen molar-refractivity contribution in [2.45, 2.75) is 24.5 Å². The van der Waals surface area contributed by atoms with Crippen LogP contribution in [0.1, 0.15) is 16.6 Å². The van der Waals surface area contributed by atoms with Gasteiger partial charge in [0.05, 0.1) is 17.6 Å². The van der Waals surface area contributed by atoms with Crippen molar-refractivity contribution < 1.29 is 24.9 Å². The number of rotatable bonds is 3. The summed E-state index contributed by atoms with van der Waals surface area (Å²) in [5, 5.41) is 29.3. The number of aliphatic hydroxyl groups is 3. The fourth-order valence-corrected chi connectivity index (χ4v) is 2.60. The van der Waals surface area contributed by atoms with Crippen molar-refractivity contribution in [1.29, 1.82) is 0 Å². The van der Waals surface area contributed by atoms with Crippen molar-refractivity contribution in [3.05, 3.63) is 18.1 Å². The highest BCUT2D eigenvalue weighted by atomic mass is 16.6. The molecule has 118 valence electrons. The van der Waals surface area contributed by atoms with Gasteiger partial charge in [0, 0.05) is 6.20 Å². The normalized spacial score (nSPS) is 28.3. The van der Waals surface area contributed by atoms with E-state index in [1.54, 1.807) is 0 Å². The first-order valence-corrected chi connectivity index (χ1v) is 6.49. The van der Waals surface area contributed by atoms with E-state index >= 15 is 0 Å². The number of hydrogen-bond acceptors (Lipinski definition) is 8. The summed E-state index contributed by atoms with van der Waals surface area (Å²) in [4.78, 5) is 19.4. The van der Waals surface area contributed by atoms with E-state index in [2.05, 4.69) is 9.97 Å². The van der Waals surface area contributed by atoms with Crippen LogP contribution in [0.3, 0.4) is 0 Å². The number of nitrogens with two attached hydrogens (primary N) is 2. The van der Waals surface area contributed by atoms with Gasteiger partial charge in [-0.3, -0.25) is 4.79 Å². The number of amides is 1. The third kappa shape index (κ3) is 2.01. The second-order valence-electron chi connectivity index (χ2n) is 5.00. The first kappa shape index (κ1) is 14.7. The Morgan fingerprint density at radius 1 is 1.36 bits per heavy atom. The SMILES string of the molecule is NC(=O)c1cn([C@@H]2O[C@H](CO)C(O)C2O)c2ncnc(N)c12. The summed E-state index contributed by atoms with van der Waals surface area (Å²) in [5.74, 6) is -0.679. The molecule has 2 unspecified atom stereocenters. The predicted molar refractivity (Wildman–Crippen MR) is 73.5 cm³/mol. The highest BCUT2D eigenvalue weighted by Gasteiger charge is 2.44. The van der Waals surface area contributed by atoms with Crippen LogP contribution in [0.2, 0.25) is 0 Å². The number of carbonyl (C=O) groups excluding carboxylic acids is 1. The van der Waals surface area contributed by atoms with Crippen molar-refractivity contribution >= 4 is 22.8 Å². The number of fused-ring (bicyclic) bond motifs is 1. The number of anilines is 1. The molecule has 0 spiro atoms. The Balaban J connectivity index is 2.16. The molecule has 0 bridgehead atoms. The molecule has 1 fully saturated rings. The predicted octanol–water partition coefficient (Wildman–Crippen LogP) is -2.28. The third-order valence-corrected chi connectivity index (χ3v) is 3.70. The molecule has 0 aromatic carbocycles. The number of aromatic nitrogens is 3. The molecule has 1 aliphatic heterocycles. The van der Waals surface area contributed by atoms with Gasteiger partial charge in [-0.15, -0.1) is 0 Å². The average Bonchev–Trinajstić information content (AvgIpc) is 3.00. The van der Waals surface area contributed by atoms with Crippen LogP contribution >= 0.6 is 0 Å². The van der Waals surface area contributed by atoms with Gasteiger partial charge >= 0.3 is 0 Å². The van der Waals surface area contributed by atoms with Crippen molar-refractivity contribution in [1.82, 2.24) is 14.5 Å². The van der Waals surface area contributed by atoms with Crippen LogP contribution in [0, 0.1) is 0 Å². The summed E-state index contributed by atoms with van der Waals surface area (Å²) >= 11 is 0. The van der Waals surface area contributed by atoms with E-state index in [1.165, 1.54) is 17.1 Å². The zero-order chi connectivity index (χ0) is 16.0. The van der Waals surface area contributed by atoms with Crippen molar-refractivity contribution in [2.75, 3.05) is 12.3 Å². The van der Waals surface area contributed by atoms with Crippen LogP contribution in [0.15, 0.2) is 12.5 Å². The molecule has 1 saturated heterocycles. The Kier molecular flexibility index (Phi) is 3.45. The van der Waals surface area contributed by atoms with Gasteiger partial charge in [-0.1, -0.05) is 0 Å². The third-order valence-electron chi connectivity index (χ3n) is 3.70. The molecule has 0 saturated carbocycles. The van der Waals surface area contributed by atoms with Gasteiger partial charge in [-0.25, -0.2) is 9.97 Å². The number of aliphatic hydroxyl groups excluding tert-OH is 3. The van der Waals surface area contributed by atoms with Gasteiger partial charge in [0.2, 0.25) is 0 Å². The van der Waals surface area contributed by atoms with Crippen molar-refractivity contribution in [3.63, 3.8) is 0 Å². The van der Waals surface area contributed by atoms with Crippen LogP contribution in [-0.2, 0) is 4.74 Å². The summed E-state index contributed by atoms with van der Waals surface area (Å²) in [6.07, 6.45) is -2.06. The molecule has 4 atom stereocenters. The molecule has 1 aliphatic rings. The lowest BCUT2D eigenvalue weighted by Gasteiger charge is -2.17. The summed E-state index contributed by atoms with van der Waals surface area (Å²) in [6.45, 7) is -0.465. The maximum Gasteiger partial charge on any atom is 0.251 e. The minimum atomic E-state index is -1.32. The summed E-state index contributed by atoms with van der Waals surface area (Å²) in [7, 11) is 0. The Bertz CT molecular complexity index is 732. The minimum Gasteiger partial charge on any atom is -0.394 e. The number of nitrogen functional groups attached to an aromatic ring is 1. The fourth-order valence-electron chi connectivity index (χ4n) is 2.60. The molecule has 7 N–H and O–H groups in total. The van der Waals surface area contributed by atoms with Crippen molar-refractivity contribution in [2.24, 2.45) is 5.73 Å². The fraction of sp³-hybridized carbons (Fsp3) is 0.417. The summed E-state index contributed by atoms with van der Waals surface area (Å²) in [6, 6.07) is 0. The van der Waals surface area contributed by atoms with Crippen LogP contribution < -0.4 is 11.5 Å². The molecular formula is C12H15N5O5. The van der Waals surface area contributed by atoms with E-state index in [-0.39, 0.29) is 22.4 Å². The van der Waals surface area contributed by atoms with Crippen LogP contribution in [0.25, 0.3) is 11.0 Å². The lowest BCUT2D eigenvalue weighted by Crippen LogP contribution is -2.33. The monoisotopic (exact) mass is 309 g/mol. The molecular weight excluding hydrogens is 294 g/mol. The van der Waals surface area contributed by atoms with E-state index in [4.69, 9.17) is 21.3 Å². The van der Waals surface area contributed by atoms with E-state index in [9.17, 15) is 15.0 Å². The topological polar surface area (TPSA) is 170 Å². The molecule has 0 aliphatic carbocycles. The molecule has 3 rings (SSSR count). The molecule has 0 radical (unpaired) electrons. The maximum atomic E-state index is 11.6. The molecule has 10 nitrogen and oxygen atoms in total. The number of hydrogen-bond donors (Lipinski definition) is 5. The van der Waals surface area contributed by atoms with Crippen LogP contribution in [0.4, 0.5) is 5.82 Å². The van der Waals surface area contributed by atoms with Crippen molar-refractivity contribution in [3.8, 4) is 0 Å². The first-order chi connectivity index (χ1) is 10.5. The van der Waals surface area contributed by atoms with Crippen LogP contribution in [0.5, 0.6) is 0 Å². The lowest BCUT2D eigenvalue weighted by atomic mass is 10.1. The van der Waals surface area contributed by atoms with Gasteiger partial charge in [0.25, 0.3) is 5.91 Å². The zero-order valence-electron chi connectivity index (χ0n) is 11.3. The summed E-state index contributed by atoms with van der Waals surface area (Å²) in [5.41, 5.74) is 11.4. The second-order valence-corrected chi connectivity index (χ2v) is 5.00. The highest BCUT2D eigenvalue weighted by Crippen LogP contribution is 2.34. The number of primary amides is 1. The smallest absolute Gasteiger partial charge is 0.251 e. The Hall–Kier alpha value is -2.27. The quantitative estimate of drug-likeness (QED) is 0.422. The molecule has 10 heteroatoms. The first-order valence-electron chi connectivity index (χ1n) is 6.49. The number of nitrogens with zero attached hydrogens (tertiary/aromatic N) is 3. The Morgan fingerprint density at radius 3 is 2.68 bits per heavy atom. The van der Waals surface area contributed by atoms with Gasteiger partial charge < -0.3 is 36.1 Å². The second kappa shape index (κ2) is 5.18. The standard InChI is InChI=1S/C12H15N5O5/c13-9-6-4(10(14)21)1-17(11(6)16-3-15-9)12-8(20)7(19)5(2-18)22-12/h1,3,5,7-8,12,18-20H,2H2,(H2,14,21)(H2,13,15,16)/t5-,7?,8?,12-/m1/s1. The Labute approximate surface area is 123 Å². The molecule has 2 aromatic rings. The molecule has 3 heterocycles. The molecule has 2 aromatic heterocycles. The van der Waals surface area contributed by atoms with Crippen LogP contribution in [-0.4, -0.2) is 60.7 Å². The lowest BCUT2D eigenvalue weighted by molar-refractivity contribution is -0.0508. The van der Waals surface area contributed by atoms with Gasteiger partial charge in [0.1, 0.15) is 36.1 Å². The van der Waals surface area contributed by atoms with E-state index in [0.29, 0.717) is 0 Å². The highest BCUT2D eigenvalue weighted by molar-refractivity contribution is 6.08. The van der Waals surface area contributed by atoms with E-state index in [0.717, 1.165) is 0 Å². The average molecular weight is 309 g/mol. The number of carbonyl (C=O) groups is 1. The van der Waals surface area contributed by atoms with Gasteiger partial charge in [-0.05, 0) is 0 Å². The van der Waals surface area contributed by atoms with E-state index in [1.807, 2.05) is 0 Å². The van der Waals surface area contributed by atoms with Gasteiger partial charge in [0.15, 0.2) is 6.23 Å². The summed E-state index contributed by atoms with van der Waals surface area (Å²) < 4.78 is 6.77. The molecule has 22 heavy (non-hydrogen) atoms. The van der Waals surface area contributed by atoms with E-state index < -0.39 is 37.1 Å².